The molecule has 6 nitrogen and oxygen atoms in total. The quantitative estimate of drug-likeness (QED) is 0.660. The minimum absolute atomic E-state index is 0.0630. The Hall–Kier alpha value is -2.55. The van der Waals surface area contributed by atoms with E-state index in [1.807, 2.05) is 0 Å². The predicted octanol–water partition coefficient (Wildman–Crippen LogP) is 3.19. The van der Waals surface area contributed by atoms with Crippen LogP contribution in [0.25, 0.3) is 17.0 Å². The summed E-state index contributed by atoms with van der Waals surface area (Å²) in [6.07, 6.45) is -1.91. The van der Waals surface area contributed by atoms with Gasteiger partial charge in [-0.05, 0) is 6.07 Å². The summed E-state index contributed by atoms with van der Waals surface area (Å²) < 4.78 is 47.5. The molecule has 24 heavy (non-hydrogen) atoms. The molecule has 10 heteroatoms. The van der Waals surface area contributed by atoms with Crippen LogP contribution in [0.4, 0.5) is 13.2 Å². The van der Waals surface area contributed by atoms with E-state index >= 15 is 0 Å². The van der Waals surface area contributed by atoms with E-state index in [0.29, 0.717) is 5.65 Å². The van der Waals surface area contributed by atoms with E-state index in [-0.39, 0.29) is 10.7 Å². The van der Waals surface area contributed by atoms with Crippen molar-refractivity contribution in [2.75, 3.05) is 7.11 Å². The second-order valence-electron chi connectivity index (χ2n) is 4.90. The number of rotatable bonds is 2. The van der Waals surface area contributed by atoms with Gasteiger partial charge in [-0.25, -0.2) is 9.78 Å². The van der Waals surface area contributed by atoms with Gasteiger partial charge in [-0.3, -0.25) is 9.08 Å². The maximum atomic E-state index is 13.6. The third-order valence-corrected chi connectivity index (χ3v) is 3.64. The molecule has 0 saturated carbocycles. The third-order valence-electron chi connectivity index (χ3n) is 3.42. The van der Waals surface area contributed by atoms with E-state index in [0.717, 1.165) is 11.8 Å². The number of imidazole rings is 1. The first kappa shape index (κ1) is 16.3. The second kappa shape index (κ2) is 5.52. The molecule has 0 spiro atoms. The Balaban J connectivity index is 2.40. The molecular formula is C14H10ClF3N4O2. The van der Waals surface area contributed by atoms with Crippen molar-refractivity contribution in [1.29, 1.82) is 0 Å². The number of esters is 1. The lowest BCUT2D eigenvalue weighted by Crippen LogP contribution is -2.16. The van der Waals surface area contributed by atoms with E-state index in [1.54, 1.807) is 0 Å². The maximum absolute atomic E-state index is 13.6. The van der Waals surface area contributed by atoms with E-state index in [2.05, 4.69) is 14.8 Å². The van der Waals surface area contributed by atoms with Gasteiger partial charge in [0.05, 0.1) is 12.8 Å². The fourth-order valence-corrected chi connectivity index (χ4v) is 2.68. The molecule has 0 aliphatic rings. The summed E-state index contributed by atoms with van der Waals surface area (Å²) in [6.45, 7) is 0. The summed E-state index contributed by atoms with van der Waals surface area (Å²) in [5.41, 5.74) is -1.89. The molecular weight excluding hydrogens is 349 g/mol. The van der Waals surface area contributed by atoms with Crippen molar-refractivity contribution in [3.63, 3.8) is 0 Å². The topological polar surface area (TPSA) is 61.4 Å². The average molecular weight is 359 g/mol. The molecule has 0 radical (unpaired) electrons. The molecule has 126 valence electrons. The Bertz CT molecular complexity index is 946. The Morgan fingerprint density at radius 3 is 2.67 bits per heavy atom. The first-order chi connectivity index (χ1) is 11.2. The highest BCUT2D eigenvalue weighted by molar-refractivity contribution is 6.31. The van der Waals surface area contributed by atoms with Crippen LogP contribution in [-0.2, 0) is 18.0 Å². The van der Waals surface area contributed by atoms with Crippen LogP contribution < -0.4 is 0 Å². The number of methoxy groups -OCH3 is 1. The zero-order chi connectivity index (χ0) is 17.6. The lowest BCUT2D eigenvalue weighted by atomic mass is 10.1. The molecule has 3 heterocycles. The van der Waals surface area contributed by atoms with Gasteiger partial charge in [-0.1, -0.05) is 11.6 Å². The summed E-state index contributed by atoms with van der Waals surface area (Å²) in [7, 11) is 2.24. The predicted molar refractivity (Wildman–Crippen MR) is 78.7 cm³/mol. The Morgan fingerprint density at radius 2 is 2.04 bits per heavy atom. The first-order valence-electron chi connectivity index (χ1n) is 6.59. The van der Waals surface area contributed by atoms with Crippen LogP contribution in [0, 0.1) is 0 Å². The molecule has 0 fully saturated rings. The highest BCUT2D eigenvalue weighted by Gasteiger charge is 2.43. The molecule has 0 atom stereocenters. The van der Waals surface area contributed by atoms with Crippen LogP contribution in [0.1, 0.15) is 16.1 Å². The van der Waals surface area contributed by atoms with E-state index in [9.17, 15) is 18.0 Å². The van der Waals surface area contributed by atoms with Crippen molar-refractivity contribution in [3.05, 3.63) is 40.8 Å². The second-order valence-corrected chi connectivity index (χ2v) is 5.34. The highest BCUT2D eigenvalue weighted by atomic mass is 35.5. The van der Waals surface area contributed by atoms with Gasteiger partial charge in [-0.15, -0.1) is 0 Å². The summed E-state index contributed by atoms with van der Waals surface area (Å²) in [4.78, 5) is 15.8. The highest BCUT2D eigenvalue weighted by Crippen LogP contribution is 2.39. The molecule has 0 amide bonds. The van der Waals surface area contributed by atoms with Gasteiger partial charge in [0.15, 0.2) is 5.69 Å². The monoisotopic (exact) mass is 358 g/mol. The van der Waals surface area contributed by atoms with Crippen LogP contribution in [0.2, 0.25) is 5.02 Å². The first-order valence-corrected chi connectivity index (χ1v) is 6.97. The summed E-state index contributed by atoms with van der Waals surface area (Å²) in [5.74, 6) is -1.13. The van der Waals surface area contributed by atoms with Crippen molar-refractivity contribution in [1.82, 2.24) is 19.2 Å². The number of carbonyl (C=O) groups excluding carboxylic acids is 1. The van der Waals surface area contributed by atoms with Gasteiger partial charge in [-0.2, -0.15) is 18.3 Å². The van der Waals surface area contributed by atoms with Gasteiger partial charge >= 0.3 is 12.1 Å². The van der Waals surface area contributed by atoms with Gasteiger partial charge in [0.25, 0.3) is 0 Å². The number of pyridine rings is 1. The van der Waals surface area contributed by atoms with Gasteiger partial charge in [0.1, 0.15) is 16.9 Å². The molecule has 0 aliphatic carbocycles. The normalized spacial score (nSPS) is 11.9. The van der Waals surface area contributed by atoms with Gasteiger partial charge in [0, 0.05) is 30.5 Å². The van der Waals surface area contributed by atoms with Crippen LogP contribution in [0.5, 0.6) is 0 Å². The average Bonchev–Trinajstić information content (AvgIpc) is 3.08. The van der Waals surface area contributed by atoms with Crippen LogP contribution in [0.3, 0.4) is 0 Å². The standard InChI is InChI=1S/C14H10ClF3N4O2/c1-21-12(13(23)24-2)10(14(16,17)18)11(20-21)8-5-7(15)6-9-19-3-4-22(8)9/h3-6H,1-2H3. The molecule has 0 unspecified atom stereocenters. The minimum Gasteiger partial charge on any atom is -0.464 e. The zero-order valence-corrected chi connectivity index (χ0v) is 13.2. The number of aromatic nitrogens is 4. The summed E-state index contributed by atoms with van der Waals surface area (Å²) in [5, 5.41) is 4.07. The van der Waals surface area contributed by atoms with Gasteiger partial charge < -0.3 is 4.74 Å². The zero-order valence-electron chi connectivity index (χ0n) is 12.4. The smallest absolute Gasteiger partial charge is 0.420 e. The number of nitrogens with zero attached hydrogens (tertiary/aromatic N) is 4. The van der Waals surface area contributed by atoms with Crippen LogP contribution >= 0.6 is 11.6 Å². The van der Waals surface area contributed by atoms with Crippen molar-refractivity contribution in [3.8, 4) is 11.4 Å². The number of ether oxygens (including phenoxy) is 1. The fraction of sp³-hybridized carbons (Fsp3) is 0.214. The fourth-order valence-electron chi connectivity index (χ4n) is 2.48. The molecule has 3 aromatic rings. The summed E-state index contributed by atoms with van der Waals surface area (Å²) >= 11 is 5.97. The third kappa shape index (κ3) is 2.50. The molecule has 0 N–H and O–H groups in total. The van der Waals surface area contributed by atoms with E-state index < -0.39 is 29.1 Å². The van der Waals surface area contributed by atoms with Crippen LogP contribution in [-0.4, -0.2) is 32.2 Å². The Morgan fingerprint density at radius 1 is 1.33 bits per heavy atom. The molecule has 3 aromatic heterocycles. The number of hydrogen-bond acceptors (Lipinski definition) is 4. The molecule has 0 bridgehead atoms. The number of fused-ring (bicyclic) bond motifs is 1. The number of halogens is 4. The van der Waals surface area contributed by atoms with Crippen molar-refractivity contribution >= 4 is 23.2 Å². The molecule has 3 rings (SSSR count). The molecule has 0 aliphatic heterocycles. The number of aryl methyl sites for hydroxylation is 1. The Kier molecular flexibility index (Phi) is 3.75. The van der Waals surface area contributed by atoms with Crippen molar-refractivity contribution < 1.29 is 22.7 Å². The number of hydrogen-bond donors (Lipinski definition) is 0. The minimum atomic E-state index is -4.82. The molecule has 0 saturated heterocycles. The van der Waals surface area contributed by atoms with E-state index in [4.69, 9.17) is 11.6 Å². The largest absolute Gasteiger partial charge is 0.464 e. The number of alkyl halides is 3. The van der Waals surface area contributed by atoms with Gasteiger partial charge in [0.2, 0.25) is 0 Å². The van der Waals surface area contributed by atoms with Crippen LogP contribution in [0.15, 0.2) is 24.5 Å². The van der Waals surface area contributed by atoms with E-state index in [1.165, 1.54) is 36.0 Å². The Labute approximate surface area is 138 Å². The van der Waals surface area contributed by atoms with Crippen molar-refractivity contribution in [2.24, 2.45) is 7.05 Å². The molecule has 0 aromatic carbocycles. The summed E-state index contributed by atoms with van der Waals surface area (Å²) in [6, 6.07) is 2.83. The van der Waals surface area contributed by atoms with Crippen molar-refractivity contribution in [2.45, 2.75) is 6.18 Å². The lowest BCUT2D eigenvalue weighted by Gasteiger charge is -2.10. The SMILES string of the molecule is COC(=O)c1c(C(F)(F)F)c(-c2cc(Cl)cc3nccn23)nn1C. The number of carbonyl (C=O) groups is 1. The maximum Gasteiger partial charge on any atom is 0.420 e. The lowest BCUT2D eigenvalue weighted by molar-refractivity contribution is -0.137.